The maximum Gasteiger partial charge on any atom is 0.326 e. The zero-order valence-electron chi connectivity index (χ0n) is 12.3. The van der Waals surface area contributed by atoms with Gasteiger partial charge in [0.1, 0.15) is 6.04 Å². The number of thiophene rings is 1. The van der Waals surface area contributed by atoms with E-state index in [0.29, 0.717) is 10.4 Å². The quantitative estimate of drug-likeness (QED) is 0.846. The number of rotatable bonds is 6. The van der Waals surface area contributed by atoms with Gasteiger partial charge in [0.25, 0.3) is 5.91 Å². The summed E-state index contributed by atoms with van der Waals surface area (Å²) in [5.41, 5.74) is 2.52. The van der Waals surface area contributed by atoms with Crippen molar-refractivity contribution in [3.8, 4) is 11.1 Å². The summed E-state index contributed by atoms with van der Waals surface area (Å²) in [5.74, 6) is -2.14. The number of aryl methyl sites for hydroxylation is 1. The van der Waals surface area contributed by atoms with E-state index in [1.165, 1.54) is 0 Å². The molecule has 1 heterocycles. The zero-order valence-corrected chi connectivity index (χ0v) is 13.1. The van der Waals surface area contributed by atoms with Crippen LogP contribution in [0.2, 0.25) is 0 Å². The molecule has 1 aromatic carbocycles. The number of amides is 1. The monoisotopic (exact) mass is 339 g/mol. The average Bonchev–Trinajstić information content (AvgIpc) is 2.96. The van der Waals surface area contributed by atoms with E-state index in [9.17, 15) is 18.4 Å². The van der Waals surface area contributed by atoms with Gasteiger partial charge in [0.15, 0.2) is 0 Å². The lowest BCUT2D eigenvalue weighted by Crippen LogP contribution is -2.41. The van der Waals surface area contributed by atoms with Gasteiger partial charge < -0.3 is 10.4 Å². The number of carbonyl (C=O) groups is 2. The normalized spacial score (nSPS) is 12.2. The molecule has 122 valence electrons. The first-order valence-electron chi connectivity index (χ1n) is 6.85. The summed E-state index contributed by atoms with van der Waals surface area (Å²) in [6.45, 7) is 1.94. The molecule has 0 aliphatic heterocycles. The first-order valence-corrected chi connectivity index (χ1v) is 7.72. The highest BCUT2D eigenvalue weighted by atomic mass is 32.1. The van der Waals surface area contributed by atoms with E-state index in [2.05, 4.69) is 5.32 Å². The number of carboxylic acid groups (broad SMARTS) is 1. The maximum absolute atomic E-state index is 12.4. The number of halogens is 2. The van der Waals surface area contributed by atoms with E-state index in [0.717, 1.165) is 22.5 Å². The molecule has 2 N–H and O–H groups in total. The summed E-state index contributed by atoms with van der Waals surface area (Å²) in [6, 6.07) is 7.62. The lowest BCUT2D eigenvalue weighted by atomic mass is 10.0. The van der Waals surface area contributed by atoms with Crippen LogP contribution in [0.5, 0.6) is 0 Å². The highest BCUT2D eigenvalue weighted by molar-refractivity contribution is 7.12. The number of aliphatic carboxylic acids is 1. The van der Waals surface area contributed by atoms with Crippen molar-refractivity contribution >= 4 is 23.2 Å². The molecular weight excluding hydrogens is 324 g/mol. The van der Waals surface area contributed by atoms with Gasteiger partial charge in [0, 0.05) is 12.0 Å². The van der Waals surface area contributed by atoms with Crippen LogP contribution in [0, 0.1) is 6.92 Å². The molecule has 4 nitrogen and oxygen atoms in total. The largest absolute Gasteiger partial charge is 0.480 e. The fourth-order valence-electron chi connectivity index (χ4n) is 2.07. The van der Waals surface area contributed by atoms with Gasteiger partial charge in [-0.2, -0.15) is 0 Å². The van der Waals surface area contributed by atoms with Crippen LogP contribution in [-0.4, -0.2) is 29.5 Å². The third-order valence-electron chi connectivity index (χ3n) is 3.25. The molecule has 0 fully saturated rings. The molecule has 0 aliphatic carbocycles. The molecule has 1 atom stereocenters. The predicted octanol–water partition coefficient (Wildman–Crippen LogP) is 3.56. The fourth-order valence-corrected chi connectivity index (χ4v) is 2.89. The second kappa shape index (κ2) is 7.32. The fraction of sp³-hybridized carbons (Fsp3) is 0.250. The number of hydrogen-bond acceptors (Lipinski definition) is 3. The molecule has 23 heavy (non-hydrogen) atoms. The number of nitrogens with one attached hydrogen (secondary N) is 1. The summed E-state index contributed by atoms with van der Waals surface area (Å²) < 4.78 is 24.8. The third-order valence-corrected chi connectivity index (χ3v) is 4.16. The van der Waals surface area contributed by atoms with Crippen molar-refractivity contribution in [2.75, 3.05) is 0 Å². The van der Waals surface area contributed by atoms with Crippen molar-refractivity contribution in [1.29, 1.82) is 0 Å². The Morgan fingerprint density at radius 3 is 2.43 bits per heavy atom. The summed E-state index contributed by atoms with van der Waals surface area (Å²) >= 11 is 1.14. The Kier molecular flexibility index (Phi) is 5.44. The second-order valence-corrected chi connectivity index (χ2v) is 5.94. The van der Waals surface area contributed by atoms with Crippen molar-refractivity contribution in [2.45, 2.75) is 25.8 Å². The van der Waals surface area contributed by atoms with E-state index in [-0.39, 0.29) is 0 Å². The summed E-state index contributed by atoms with van der Waals surface area (Å²) in [7, 11) is 0. The Morgan fingerprint density at radius 1 is 1.22 bits per heavy atom. The van der Waals surface area contributed by atoms with Gasteiger partial charge >= 0.3 is 5.97 Å². The predicted molar refractivity (Wildman–Crippen MR) is 84.0 cm³/mol. The summed E-state index contributed by atoms with van der Waals surface area (Å²) in [4.78, 5) is 23.5. The Balaban J connectivity index is 2.22. The highest BCUT2D eigenvalue weighted by Gasteiger charge is 2.26. The van der Waals surface area contributed by atoms with Crippen LogP contribution in [0.1, 0.15) is 21.7 Å². The molecule has 0 radical (unpaired) electrons. The standard InChI is InChI=1S/C16H15F2NO3S/c1-9-2-4-10(5-3-9)11-6-7-23-14(11)15(20)19-12(16(21)22)8-13(17)18/h2-7,12-13H,8H2,1H3,(H,19,20)(H,21,22). The minimum absolute atomic E-state index is 0.300. The number of carboxylic acids is 1. The van der Waals surface area contributed by atoms with Crippen LogP contribution in [0.15, 0.2) is 35.7 Å². The van der Waals surface area contributed by atoms with Crippen LogP contribution >= 0.6 is 11.3 Å². The molecule has 0 saturated heterocycles. The Hall–Kier alpha value is -2.28. The topological polar surface area (TPSA) is 66.4 Å². The van der Waals surface area contributed by atoms with Crippen molar-refractivity contribution in [2.24, 2.45) is 0 Å². The van der Waals surface area contributed by atoms with E-state index in [1.54, 1.807) is 11.4 Å². The Bertz CT molecular complexity index is 698. The molecule has 0 saturated carbocycles. The summed E-state index contributed by atoms with van der Waals surface area (Å²) in [5, 5.41) is 12.8. The van der Waals surface area contributed by atoms with E-state index in [1.807, 2.05) is 31.2 Å². The smallest absolute Gasteiger partial charge is 0.326 e. The molecule has 0 aliphatic rings. The number of alkyl halides is 2. The van der Waals surface area contributed by atoms with Crippen LogP contribution in [0.25, 0.3) is 11.1 Å². The maximum atomic E-state index is 12.4. The molecule has 1 amide bonds. The van der Waals surface area contributed by atoms with Gasteiger partial charge in [0.2, 0.25) is 6.43 Å². The molecule has 0 bridgehead atoms. The van der Waals surface area contributed by atoms with Crippen molar-refractivity contribution in [3.05, 3.63) is 46.2 Å². The third kappa shape index (κ3) is 4.35. The van der Waals surface area contributed by atoms with Crippen molar-refractivity contribution in [3.63, 3.8) is 0 Å². The number of hydrogen-bond donors (Lipinski definition) is 2. The van der Waals surface area contributed by atoms with Gasteiger partial charge in [-0.1, -0.05) is 29.8 Å². The van der Waals surface area contributed by atoms with E-state index >= 15 is 0 Å². The van der Waals surface area contributed by atoms with Crippen LogP contribution < -0.4 is 5.32 Å². The van der Waals surface area contributed by atoms with Crippen molar-refractivity contribution < 1.29 is 23.5 Å². The Labute approximate surface area is 135 Å². The van der Waals surface area contributed by atoms with Gasteiger partial charge in [-0.15, -0.1) is 11.3 Å². The van der Waals surface area contributed by atoms with Gasteiger partial charge in [0.05, 0.1) is 4.88 Å². The molecule has 2 rings (SSSR count). The van der Waals surface area contributed by atoms with Gasteiger partial charge in [-0.3, -0.25) is 4.79 Å². The van der Waals surface area contributed by atoms with Crippen LogP contribution in [-0.2, 0) is 4.79 Å². The lowest BCUT2D eigenvalue weighted by Gasteiger charge is -2.14. The number of carbonyl (C=O) groups excluding carboxylic acids is 1. The zero-order chi connectivity index (χ0) is 17.0. The van der Waals surface area contributed by atoms with Crippen molar-refractivity contribution in [1.82, 2.24) is 5.32 Å². The Morgan fingerprint density at radius 2 is 1.87 bits per heavy atom. The molecule has 2 aromatic rings. The molecule has 7 heteroatoms. The minimum atomic E-state index is -2.81. The van der Waals surface area contributed by atoms with E-state index in [4.69, 9.17) is 5.11 Å². The van der Waals surface area contributed by atoms with E-state index < -0.39 is 30.8 Å². The van der Waals surface area contributed by atoms with Crippen LogP contribution in [0.3, 0.4) is 0 Å². The van der Waals surface area contributed by atoms with Gasteiger partial charge in [-0.05, 0) is 23.9 Å². The minimum Gasteiger partial charge on any atom is -0.480 e. The van der Waals surface area contributed by atoms with Crippen LogP contribution in [0.4, 0.5) is 8.78 Å². The number of benzene rings is 1. The second-order valence-electron chi connectivity index (χ2n) is 5.02. The molecular formula is C16H15F2NO3S. The summed E-state index contributed by atoms with van der Waals surface area (Å²) in [6.07, 6.45) is -3.73. The first kappa shape index (κ1) is 17.1. The lowest BCUT2D eigenvalue weighted by molar-refractivity contribution is -0.140. The molecule has 0 spiro atoms. The molecule has 1 unspecified atom stereocenters. The highest BCUT2D eigenvalue weighted by Crippen LogP contribution is 2.28. The molecule has 1 aromatic heterocycles. The first-order chi connectivity index (χ1) is 10.9. The SMILES string of the molecule is Cc1ccc(-c2ccsc2C(=O)NC(CC(F)F)C(=O)O)cc1. The van der Waals surface area contributed by atoms with Gasteiger partial charge in [-0.25, -0.2) is 13.6 Å². The average molecular weight is 339 g/mol.